The molecule has 9 heteroatoms. The molecule has 1 aliphatic rings. The molecule has 1 aliphatic heterocycles. The van der Waals surface area contributed by atoms with E-state index < -0.39 is 16.3 Å². The summed E-state index contributed by atoms with van der Waals surface area (Å²) in [6.45, 7) is 0.310. The van der Waals surface area contributed by atoms with Crippen LogP contribution >= 0.6 is 0 Å². The molecule has 192 valence electrons. The molecule has 0 aliphatic carbocycles. The molecule has 1 fully saturated rings. The van der Waals surface area contributed by atoms with Crippen LogP contribution in [0.1, 0.15) is 50.5 Å². The summed E-state index contributed by atoms with van der Waals surface area (Å²) >= 11 is 0. The Bertz CT molecular complexity index is 1050. The molecule has 0 bridgehead atoms. The van der Waals surface area contributed by atoms with E-state index in [0.29, 0.717) is 36.6 Å². The average molecular weight is 505 g/mol. The number of nitrogens with one attached hydrogen (secondary N) is 1. The van der Waals surface area contributed by atoms with Gasteiger partial charge in [0, 0.05) is 25.1 Å². The normalized spacial score (nSPS) is 16.5. The van der Waals surface area contributed by atoms with Crippen molar-refractivity contribution in [3.05, 3.63) is 48.0 Å². The van der Waals surface area contributed by atoms with Crippen molar-refractivity contribution in [2.24, 2.45) is 0 Å². The van der Waals surface area contributed by atoms with Crippen LogP contribution in [0.5, 0.6) is 17.2 Å². The lowest BCUT2D eigenvalue weighted by Crippen LogP contribution is -2.50. The standard InChI is InChI=1S/C26H36N2O6S/c1-32-24-18-21(19-25(33-2)26(24)34-3)27-35(30,31)28-17-11-10-15-22(28)23(29)16-9-5-8-14-20-12-6-4-7-13-20/h4,6-7,12-13,18-19,22,27H,5,8-11,14-17H2,1-3H3/t22-/m0/s1. The number of piperidine rings is 1. The third-order valence-electron chi connectivity index (χ3n) is 6.28. The molecule has 0 radical (unpaired) electrons. The van der Waals surface area contributed by atoms with Gasteiger partial charge in [-0.1, -0.05) is 43.2 Å². The molecule has 8 nitrogen and oxygen atoms in total. The zero-order valence-corrected chi connectivity index (χ0v) is 21.6. The van der Waals surface area contributed by atoms with Gasteiger partial charge in [-0.3, -0.25) is 9.52 Å². The summed E-state index contributed by atoms with van der Waals surface area (Å²) < 4.78 is 46.5. The molecule has 1 N–H and O–H groups in total. The number of nitrogens with zero attached hydrogens (tertiary/aromatic N) is 1. The van der Waals surface area contributed by atoms with E-state index in [1.54, 1.807) is 0 Å². The molecule has 1 saturated heterocycles. The lowest BCUT2D eigenvalue weighted by Gasteiger charge is -2.33. The van der Waals surface area contributed by atoms with Crippen molar-refractivity contribution in [1.29, 1.82) is 0 Å². The summed E-state index contributed by atoms with van der Waals surface area (Å²) in [6.07, 6.45) is 6.16. The molecule has 0 amide bonds. The lowest BCUT2D eigenvalue weighted by atomic mass is 9.97. The number of ketones is 1. The van der Waals surface area contributed by atoms with E-state index in [9.17, 15) is 13.2 Å². The Kier molecular flexibility index (Phi) is 9.80. The van der Waals surface area contributed by atoms with Gasteiger partial charge in [0.05, 0.1) is 33.1 Å². The zero-order chi connectivity index (χ0) is 25.3. The van der Waals surface area contributed by atoms with E-state index in [2.05, 4.69) is 16.9 Å². The first-order chi connectivity index (χ1) is 16.9. The van der Waals surface area contributed by atoms with Gasteiger partial charge >= 0.3 is 10.2 Å². The summed E-state index contributed by atoms with van der Waals surface area (Å²) in [5, 5.41) is 0. The summed E-state index contributed by atoms with van der Waals surface area (Å²) in [5.74, 6) is 1.04. The molecule has 35 heavy (non-hydrogen) atoms. The Balaban J connectivity index is 1.62. The maximum absolute atomic E-state index is 13.3. The fourth-order valence-corrected chi connectivity index (χ4v) is 5.94. The summed E-state index contributed by atoms with van der Waals surface area (Å²) in [7, 11) is 0.455. The number of anilines is 1. The van der Waals surface area contributed by atoms with E-state index in [4.69, 9.17) is 14.2 Å². The number of hydrogen-bond donors (Lipinski definition) is 1. The molecule has 0 saturated carbocycles. The van der Waals surface area contributed by atoms with Gasteiger partial charge in [-0.05, 0) is 37.7 Å². The van der Waals surface area contributed by atoms with Crippen LogP contribution in [-0.4, -0.2) is 52.4 Å². The molecule has 0 unspecified atom stereocenters. The number of rotatable bonds is 13. The Morgan fingerprint density at radius 1 is 0.971 bits per heavy atom. The van der Waals surface area contributed by atoms with Crippen LogP contribution in [0.2, 0.25) is 0 Å². The van der Waals surface area contributed by atoms with Crippen molar-refractivity contribution >= 4 is 21.7 Å². The first-order valence-corrected chi connectivity index (χ1v) is 13.5. The van der Waals surface area contributed by atoms with E-state index in [1.165, 1.54) is 43.3 Å². The number of aryl methyl sites for hydroxylation is 1. The van der Waals surface area contributed by atoms with Crippen LogP contribution in [0, 0.1) is 0 Å². The third kappa shape index (κ3) is 7.11. The maximum Gasteiger partial charge on any atom is 0.302 e. The summed E-state index contributed by atoms with van der Waals surface area (Å²) in [4.78, 5) is 13.0. The van der Waals surface area contributed by atoms with Gasteiger partial charge in [-0.25, -0.2) is 0 Å². The van der Waals surface area contributed by atoms with Gasteiger partial charge in [0.25, 0.3) is 0 Å². The third-order valence-corrected chi connectivity index (χ3v) is 7.83. The van der Waals surface area contributed by atoms with Crippen molar-refractivity contribution in [3.63, 3.8) is 0 Å². The van der Waals surface area contributed by atoms with Gasteiger partial charge in [-0.15, -0.1) is 0 Å². The number of unbranched alkanes of at least 4 members (excludes halogenated alkanes) is 2. The predicted molar refractivity (Wildman–Crippen MR) is 137 cm³/mol. The molecule has 1 heterocycles. The second-order valence-corrected chi connectivity index (χ2v) is 10.3. The van der Waals surface area contributed by atoms with E-state index >= 15 is 0 Å². The minimum absolute atomic E-state index is 0.0142. The highest BCUT2D eigenvalue weighted by Crippen LogP contribution is 2.40. The van der Waals surface area contributed by atoms with E-state index in [-0.39, 0.29) is 11.5 Å². The van der Waals surface area contributed by atoms with Crippen molar-refractivity contribution in [2.75, 3.05) is 32.6 Å². The Hall–Kier alpha value is -2.78. The van der Waals surface area contributed by atoms with Crippen LogP contribution in [0.3, 0.4) is 0 Å². The Labute approximate surface area is 208 Å². The van der Waals surface area contributed by atoms with Gasteiger partial charge in [-0.2, -0.15) is 12.7 Å². The summed E-state index contributed by atoms with van der Waals surface area (Å²) in [6, 6.07) is 12.7. The SMILES string of the molecule is COc1cc(NS(=O)(=O)N2CCCC[C@H]2C(=O)CCCCCc2ccccc2)cc(OC)c1OC. The predicted octanol–water partition coefficient (Wildman–Crippen LogP) is 4.60. The number of hydrogen-bond acceptors (Lipinski definition) is 6. The molecule has 0 spiro atoms. The van der Waals surface area contributed by atoms with Gasteiger partial charge in [0.15, 0.2) is 17.3 Å². The first kappa shape index (κ1) is 26.8. The van der Waals surface area contributed by atoms with E-state index in [1.807, 2.05) is 18.2 Å². The van der Waals surface area contributed by atoms with Crippen LogP contribution in [-0.2, 0) is 21.4 Å². The zero-order valence-electron chi connectivity index (χ0n) is 20.8. The molecule has 3 rings (SSSR count). The van der Waals surface area contributed by atoms with Gasteiger partial charge in [0.1, 0.15) is 0 Å². The van der Waals surface area contributed by atoms with Crippen LogP contribution in [0.4, 0.5) is 5.69 Å². The first-order valence-electron chi connectivity index (χ1n) is 12.1. The molecule has 1 atom stereocenters. The smallest absolute Gasteiger partial charge is 0.302 e. The Morgan fingerprint density at radius 2 is 1.66 bits per heavy atom. The monoisotopic (exact) mass is 504 g/mol. The fraction of sp³-hybridized carbons (Fsp3) is 0.500. The van der Waals surface area contributed by atoms with Crippen molar-refractivity contribution in [1.82, 2.24) is 4.31 Å². The lowest BCUT2D eigenvalue weighted by molar-refractivity contribution is -0.123. The topological polar surface area (TPSA) is 94.2 Å². The highest BCUT2D eigenvalue weighted by Gasteiger charge is 2.36. The van der Waals surface area contributed by atoms with Gasteiger partial charge < -0.3 is 14.2 Å². The molecule has 2 aromatic carbocycles. The van der Waals surface area contributed by atoms with Crippen LogP contribution < -0.4 is 18.9 Å². The maximum atomic E-state index is 13.3. The molecular formula is C26H36N2O6S. The van der Waals surface area contributed by atoms with Crippen LogP contribution in [0.15, 0.2) is 42.5 Å². The number of carbonyl (C=O) groups is 1. The second kappa shape index (κ2) is 12.8. The number of benzene rings is 2. The minimum atomic E-state index is -3.96. The quantitative estimate of drug-likeness (QED) is 0.401. The largest absolute Gasteiger partial charge is 0.493 e. The number of ether oxygens (including phenoxy) is 3. The minimum Gasteiger partial charge on any atom is -0.493 e. The van der Waals surface area contributed by atoms with Crippen LogP contribution in [0.25, 0.3) is 0 Å². The average Bonchev–Trinajstić information content (AvgIpc) is 2.88. The van der Waals surface area contributed by atoms with Gasteiger partial charge in [0.2, 0.25) is 5.75 Å². The molecule has 0 aromatic heterocycles. The summed E-state index contributed by atoms with van der Waals surface area (Å²) in [5.41, 5.74) is 1.57. The molecule has 2 aromatic rings. The number of methoxy groups -OCH3 is 3. The number of Topliss-reactive ketones (excluding diaryl/α,β-unsaturated/α-hetero) is 1. The van der Waals surface area contributed by atoms with Crippen molar-refractivity contribution < 1.29 is 27.4 Å². The highest BCUT2D eigenvalue weighted by molar-refractivity contribution is 7.90. The second-order valence-electron chi connectivity index (χ2n) is 8.66. The van der Waals surface area contributed by atoms with Crippen molar-refractivity contribution in [3.8, 4) is 17.2 Å². The van der Waals surface area contributed by atoms with Crippen molar-refractivity contribution in [2.45, 2.75) is 57.4 Å². The molecular weight excluding hydrogens is 468 g/mol. The fourth-order valence-electron chi connectivity index (χ4n) is 4.48. The number of carbonyl (C=O) groups excluding carboxylic acids is 1. The highest BCUT2D eigenvalue weighted by atomic mass is 32.2. The Morgan fingerprint density at radius 3 is 2.29 bits per heavy atom. The van der Waals surface area contributed by atoms with E-state index in [0.717, 1.165) is 38.5 Å².